The second-order valence-electron chi connectivity index (χ2n) is 5.00. The van der Waals surface area contributed by atoms with Gasteiger partial charge < -0.3 is 9.47 Å². The molecule has 2 rings (SSSR count). The summed E-state index contributed by atoms with van der Waals surface area (Å²) in [6.45, 7) is 3.02. The van der Waals surface area contributed by atoms with Gasteiger partial charge in [-0.05, 0) is 48.4 Å². The number of hydrogen-bond donors (Lipinski definition) is 1. The summed E-state index contributed by atoms with van der Waals surface area (Å²) < 4.78 is 38.8. The Balaban J connectivity index is 1.89. The van der Waals surface area contributed by atoms with Crippen molar-refractivity contribution in [2.45, 2.75) is 18.4 Å². The molecule has 1 atom stereocenters. The molecule has 0 fully saturated rings. The predicted molar refractivity (Wildman–Crippen MR) is 88.2 cm³/mol. The first-order chi connectivity index (χ1) is 11.1. The topological polar surface area (TPSA) is 47.6 Å². The Morgan fingerprint density at radius 3 is 2.57 bits per heavy atom. The third-order valence-electron chi connectivity index (χ3n) is 3.22. The van der Waals surface area contributed by atoms with Crippen LogP contribution >= 0.6 is 0 Å². The van der Waals surface area contributed by atoms with E-state index in [2.05, 4.69) is 4.72 Å². The Morgan fingerprint density at radius 2 is 1.91 bits per heavy atom. The van der Waals surface area contributed by atoms with Gasteiger partial charge in [-0.25, -0.2) is 13.3 Å². The molecular weight excluding hydrogens is 317 g/mol. The van der Waals surface area contributed by atoms with Crippen LogP contribution in [0.1, 0.15) is 11.1 Å². The van der Waals surface area contributed by atoms with Gasteiger partial charge in [-0.15, -0.1) is 0 Å². The second kappa shape index (κ2) is 8.76. The lowest BCUT2D eigenvalue weighted by atomic mass is 10.1. The third kappa shape index (κ3) is 5.42. The first-order valence-corrected chi connectivity index (χ1v) is 8.37. The lowest BCUT2D eigenvalue weighted by molar-refractivity contribution is 0.205. The van der Waals surface area contributed by atoms with E-state index in [0.717, 1.165) is 5.56 Å². The van der Waals surface area contributed by atoms with Crippen molar-refractivity contribution in [3.63, 3.8) is 0 Å². The average molecular weight is 337 g/mol. The summed E-state index contributed by atoms with van der Waals surface area (Å²) in [6.07, 6.45) is 0. The monoisotopic (exact) mass is 337 g/mol. The largest absolute Gasteiger partial charge is 0.489 e. The molecule has 0 bridgehead atoms. The summed E-state index contributed by atoms with van der Waals surface area (Å²) >= 11 is 0. The van der Waals surface area contributed by atoms with E-state index in [-0.39, 0.29) is 12.4 Å². The highest BCUT2D eigenvalue weighted by molar-refractivity contribution is 7.83. The molecule has 23 heavy (non-hydrogen) atoms. The van der Waals surface area contributed by atoms with Crippen LogP contribution in [0.2, 0.25) is 0 Å². The van der Waals surface area contributed by atoms with Gasteiger partial charge in [-0.3, -0.25) is 0 Å². The van der Waals surface area contributed by atoms with Crippen LogP contribution in [0, 0.1) is 12.7 Å². The Labute approximate surface area is 138 Å². The molecule has 2 aromatic carbocycles. The van der Waals surface area contributed by atoms with Crippen molar-refractivity contribution in [3.05, 3.63) is 59.4 Å². The second-order valence-corrected chi connectivity index (χ2v) is 6.30. The van der Waals surface area contributed by atoms with Crippen molar-refractivity contribution in [2.24, 2.45) is 0 Å². The van der Waals surface area contributed by atoms with Gasteiger partial charge in [0.25, 0.3) is 0 Å². The lowest BCUT2D eigenvalue weighted by Crippen LogP contribution is -2.21. The van der Waals surface area contributed by atoms with E-state index in [4.69, 9.17) is 9.47 Å². The van der Waals surface area contributed by atoms with Gasteiger partial charge in [0, 0.05) is 13.7 Å². The summed E-state index contributed by atoms with van der Waals surface area (Å²) in [4.78, 5) is 0.662. The number of aryl methyl sites for hydroxylation is 1. The fourth-order valence-corrected chi connectivity index (χ4v) is 2.69. The molecule has 0 aliphatic heterocycles. The van der Waals surface area contributed by atoms with Crippen molar-refractivity contribution in [3.8, 4) is 5.75 Å². The number of halogens is 1. The number of methoxy groups -OCH3 is 1. The van der Waals surface area contributed by atoms with Crippen molar-refractivity contribution in [1.29, 1.82) is 0 Å². The van der Waals surface area contributed by atoms with Crippen LogP contribution < -0.4 is 9.46 Å². The Bertz CT molecular complexity index is 661. The minimum Gasteiger partial charge on any atom is -0.489 e. The van der Waals surface area contributed by atoms with Crippen molar-refractivity contribution in [1.82, 2.24) is 4.72 Å². The van der Waals surface area contributed by atoms with E-state index in [1.54, 1.807) is 44.4 Å². The zero-order valence-corrected chi connectivity index (χ0v) is 14.0. The first-order valence-electron chi connectivity index (χ1n) is 7.22. The summed E-state index contributed by atoms with van der Waals surface area (Å²) in [5, 5.41) is 0. The maximum Gasteiger partial charge on any atom is 0.126 e. The maximum atomic E-state index is 13.5. The lowest BCUT2D eigenvalue weighted by Gasteiger charge is -2.08. The highest BCUT2D eigenvalue weighted by atomic mass is 32.2. The Morgan fingerprint density at radius 1 is 1.17 bits per heavy atom. The molecule has 0 spiro atoms. The van der Waals surface area contributed by atoms with Crippen LogP contribution in [-0.2, 0) is 22.3 Å². The summed E-state index contributed by atoms with van der Waals surface area (Å²) in [6, 6.07) is 12.0. The molecule has 0 aromatic heterocycles. The number of nitrogens with one attached hydrogen (secondary N) is 1. The normalized spacial score (nSPS) is 12.1. The Hall–Kier alpha value is -1.76. The van der Waals surface area contributed by atoms with Gasteiger partial charge in [-0.2, -0.15) is 0 Å². The Kier molecular flexibility index (Phi) is 6.70. The van der Waals surface area contributed by atoms with E-state index in [1.807, 2.05) is 6.07 Å². The fourth-order valence-electron chi connectivity index (χ4n) is 1.87. The molecule has 2 aromatic rings. The molecule has 0 aliphatic carbocycles. The molecule has 0 saturated carbocycles. The molecule has 0 heterocycles. The minimum atomic E-state index is -1.27. The van der Waals surface area contributed by atoms with Gasteiger partial charge in [0.15, 0.2) is 0 Å². The quantitative estimate of drug-likeness (QED) is 0.754. The average Bonchev–Trinajstić information content (AvgIpc) is 2.56. The first kappa shape index (κ1) is 17.6. The van der Waals surface area contributed by atoms with Crippen molar-refractivity contribution >= 4 is 11.0 Å². The molecule has 0 amide bonds. The summed E-state index contributed by atoms with van der Waals surface area (Å²) in [7, 11) is 0.320. The van der Waals surface area contributed by atoms with Gasteiger partial charge in [-0.1, -0.05) is 12.1 Å². The SMILES string of the molecule is COCCNS(=O)c1ccc(OCc2ccc(C)c(F)c2)cc1. The minimum absolute atomic E-state index is 0.237. The molecule has 4 nitrogen and oxygen atoms in total. The molecule has 124 valence electrons. The highest BCUT2D eigenvalue weighted by Gasteiger charge is 2.04. The highest BCUT2D eigenvalue weighted by Crippen LogP contribution is 2.17. The summed E-state index contributed by atoms with van der Waals surface area (Å²) in [5.74, 6) is 0.405. The number of rotatable bonds is 8. The van der Waals surface area contributed by atoms with Crippen LogP contribution in [-0.4, -0.2) is 24.5 Å². The molecule has 1 N–H and O–H groups in total. The van der Waals surface area contributed by atoms with Gasteiger partial charge >= 0.3 is 0 Å². The van der Waals surface area contributed by atoms with Crippen molar-refractivity contribution < 1.29 is 18.1 Å². The zero-order chi connectivity index (χ0) is 16.7. The molecule has 1 unspecified atom stereocenters. The standard InChI is InChI=1S/C17H20FNO3S/c1-13-3-4-14(11-17(13)18)12-22-15-5-7-16(8-6-15)23(20)19-9-10-21-2/h3-8,11,19H,9-10,12H2,1-2H3. The van der Waals surface area contributed by atoms with Crippen LogP contribution in [0.3, 0.4) is 0 Å². The van der Waals surface area contributed by atoms with Crippen LogP contribution in [0.4, 0.5) is 4.39 Å². The van der Waals surface area contributed by atoms with Gasteiger partial charge in [0.1, 0.15) is 29.2 Å². The number of benzene rings is 2. The van der Waals surface area contributed by atoms with E-state index in [9.17, 15) is 8.60 Å². The van der Waals surface area contributed by atoms with Gasteiger partial charge in [0.05, 0.1) is 11.5 Å². The van der Waals surface area contributed by atoms with Crippen LogP contribution in [0.15, 0.2) is 47.4 Å². The predicted octanol–water partition coefficient (Wildman–Crippen LogP) is 2.97. The van der Waals surface area contributed by atoms with E-state index >= 15 is 0 Å². The third-order valence-corrected chi connectivity index (χ3v) is 4.39. The molecule has 0 radical (unpaired) electrons. The number of hydrogen-bond acceptors (Lipinski definition) is 3. The molecule has 6 heteroatoms. The van der Waals surface area contributed by atoms with Gasteiger partial charge in [0.2, 0.25) is 0 Å². The number of ether oxygens (including phenoxy) is 2. The zero-order valence-electron chi connectivity index (χ0n) is 13.2. The van der Waals surface area contributed by atoms with E-state index < -0.39 is 11.0 Å². The van der Waals surface area contributed by atoms with Crippen LogP contribution in [0.5, 0.6) is 5.75 Å². The molecular formula is C17H20FNO3S. The van der Waals surface area contributed by atoms with E-state index in [0.29, 0.717) is 29.4 Å². The van der Waals surface area contributed by atoms with E-state index in [1.165, 1.54) is 6.07 Å². The molecule has 0 saturated heterocycles. The van der Waals surface area contributed by atoms with Crippen LogP contribution in [0.25, 0.3) is 0 Å². The molecule has 0 aliphatic rings. The summed E-state index contributed by atoms with van der Waals surface area (Å²) in [5.41, 5.74) is 1.38. The smallest absolute Gasteiger partial charge is 0.126 e. The van der Waals surface area contributed by atoms with Crippen molar-refractivity contribution in [2.75, 3.05) is 20.3 Å². The maximum absolute atomic E-state index is 13.5. The fraction of sp³-hybridized carbons (Fsp3) is 0.294.